The number of para-hydroxylation sites is 1. The summed E-state index contributed by atoms with van der Waals surface area (Å²) in [5.74, 6) is 0.965. The Morgan fingerprint density at radius 3 is 2.58 bits per heavy atom. The summed E-state index contributed by atoms with van der Waals surface area (Å²) in [4.78, 5) is 12.8. The number of anilines is 1. The maximum Gasteiger partial charge on any atom is 0.228 e. The Kier molecular flexibility index (Phi) is 5.04. The number of carbonyl (C=O) groups is 1. The summed E-state index contributed by atoms with van der Waals surface area (Å²) < 4.78 is 26.4. The summed E-state index contributed by atoms with van der Waals surface area (Å²) in [6.07, 6.45) is 2.24. The van der Waals surface area contributed by atoms with E-state index in [9.17, 15) is 9.18 Å². The van der Waals surface area contributed by atoms with Gasteiger partial charge in [0, 0.05) is 35.4 Å². The second kappa shape index (κ2) is 8.14. The van der Waals surface area contributed by atoms with Crippen molar-refractivity contribution in [2.45, 2.75) is 13.0 Å². The van der Waals surface area contributed by atoms with Crippen molar-refractivity contribution in [2.24, 2.45) is 0 Å². The van der Waals surface area contributed by atoms with Gasteiger partial charge < -0.3 is 19.4 Å². The first kappa shape index (κ1) is 19.2. The lowest BCUT2D eigenvalue weighted by atomic mass is 10.1. The highest BCUT2D eigenvalue weighted by atomic mass is 19.1. The topological polar surface area (TPSA) is 52.5 Å². The Morgan fingerprint density at radius 1 is 0.968 bits per heavy atom. The molecule has 0 spiro atoms. The molecular formula is C25H21FN2O3. The Hall–Kier alpha value is -3.80. The van der Waals surface area contributed by atoms with Crippen molar-refractivity contribution in [1.82, 2.24) is 4.57 Å². The summed E-state index contributed by atoms with van der Waals surface area (Å²) >= 11 is 0. The molecule has 1 aliphatic rings. The molecule has 1 aliphatic heterocycles. The van der Waals surface area contributed by atoms with Crippen LogP contribution in [0.2, 0.25) is 0 Å². The summed E-state index contributed by atoms with van der Waals surface area (Å²) in [7, 11) is 0. The van der Waals surface area contributed by atoms with Crippen molar-refractivity contribution in [1.29, 1.82) is 0 Å². The highest BCUT2D eigenvalue weighted by Crippen LogP contribution is 2.32. The number of amides is 1. The third-order valence-electron chi connectivity index (χ3n) is 5.31. The van der Waals surface area contributed by atoms with Gasteiger partial charge in [0.15, 0.2) is 11.5 Å². The van der Waals surface area contributed by atoms with Gasteiger partial charge in [-0.1, -0.05) is 30.3 Å². The van der Waals surface area contributed by atoms with E-state index in [4.69, 9.17) is 9.47 Å². The molecule has 0 unspecified atom stereocenters. The predicted octanol–water partition coefficient (Wildman–Crippen LogP) is 4.78. The molecule has 2 heterocycles. The van der Waals surface area contributed by atoms with E-state index < -0.39 is 0 Å². The molecule has 3 aromatic carbocycles. The Morgan fingerprint density at radius 2 is 1.74 bits per heavy atom. The molecule has 5 nitrogen and oxygen atoms in total. The van der Waals surface area contributed by atoms with E-state index in [0.29, 0.717) is 36.9 Å². The number of ether oxygens (including phenoxy) is 2. The fourth-order valence-electron chi connectivity index (χ4n) is 3.88. The number of hydrogen-bond donors (Lipinski definition) is 1. The molecule has 0 saturated heterocycles. The zero-order chi connectivity index (χ0) is 21.2. The first-order valence-electron chi connectivity index (χ1n) is 10.2. The largest absolute Gasteiger partial charge is 0.486 e. The summed E-state index contributed by atoms with van der Waals surface area (Å²) in [5.41, 5.74) is 3.64. The monoisotopic (exact) mass is 416 g/mol. The molecule has 31 heavy (non-hydrogen) atoms. The number of benzene rings is 3. The molecule has 0 radical (unpaired) electrons. The van der Waals surface area contributed by atoms with E-state index in [0.717, 1.165) is 22.0 Å². The van der Waals surface area contributed by atoms with Crippen LogP contribution in [-0.2, 0) is 17.8 Å². The van der Waals surface area contributed by atoms with E-state index in [-0.39, 0.29) is 18.1 Å². The van der Waals surface area contributed by atoms with Gasteiger partial charge in [0.2, 0.25) is 5.91 Å². The molecule has 1 aromatic heterocycles. The van der Waals surface area contributed by atoms with Crippen LogP contribution in [0.4, 0.5) is 10.1 Å². The molecular weight excluding hydrogens is 395 g/mol. The third kappa shape index (κ3) is 4.10. The van der Waals surface area contributed by atoms with Crippen molar-refractivity contribution in [3.8, 4) is 11.5 Å². The third-order valence-corrected chi connectivity index (χ3v) is 5.31. The van der Waals surface area contributed by atoms with Gasteiger partial charge in [0.25, 0.3) is 0 Å². The number of hydrogen-bond acceptors (Lipinski definition) is 3. The van der Waals surface area contributed by atoms with Gasteiger partial charge >= 0.3 is 0 Å². The van der Waals surface area contributed by atoms with Gasteiger partial charge in [-0.25, -0.2) is 4.39 Å². The van der Waals surface area contributed by atoms with E-state index in [1.54, 1.807) is 24.3 Å². The minimum Gasteiger partial charge on any atom is -0.486 e. The summed E-state index contributed by atoms with van der Waals surface area (Å²) in [6.45, 7) is 1.63. The normalized spacial score (nSPS) is 12.7. The smallest absolute Gasteiger partial charge is 0.228 e. The molecule has 5 rings (SSSR count). The van der Waals surface area contributed by atoms with Crippen LogP contribution in [0.15, 0.2) is 72.9 Å². The summed E-state index contributed by atoms with van der Waals surface area (Å²) in [5, 5.41) is 3.97. The van der Waals surface area contributed by atoms with E-state index in [1.165, 1.54) is 12.1 Å². The number of nitrogens with one attached hydrogen (secondary N) is 1. The fraction of sp³-hybridized carbons (Fsp3) is 0.160. The SMILES string of the molecule is O=C(Cc1cn(Cc2ccc(F)cc2)c2ccccc12)Nc1ccc2c(c1)OCCO2. The fourth-order valence-corrected chi connectivity index (χ4v) is 3.88. The lowest BCUT2D eigenvalue weighted by Gasteiger charge is -2.19. The molecule has 0 bridgehead atoms. The number of rotatable bonds is 5. The number of halogens is 1. The second-order valence-corrected chi connectivity index (χ2v) is 7.51. The maximum atomic E-state index is 13.2. The van der Waals surface area contributed by atoms with Crippen LogP contribution in [0.25, 0.3) is 10.9 Å². The first-order chi connectivity index (χ1) is 15.2. The van der Waals surface area contributed by atoms with Gasteiger partial charge in [0.05, 0.1) is 6.42 Å². The van der Waals surface area contributed by atoms with Crippen LogP contribution in [-0.4, -0.2) is 23.7 Å². The van der Waals surface area contributed by atoms with Crippen molar-refractivity contribution in [3.63, 3.8) is 0 Å². The number of carbonyl (C=O) groups excluding carboxylic acids is 1. The molecule has 0 atom stereocenters. The molecule has 1 N–H and O–H groups in total. The maximum absolute atomic E-state index is 13.2. The predicted molar refractivity (Wildman–Crippen MR) is 117 cm³/mol. The number of nitrogens with zero attached hydrogens (tertiary/aromatic N) is 1. The molecule has 0 saturated carbocycles. The zero-order valence-electron chi connectivity index (χ0n) is 16.8. The molecule has 156 valence electrons. The number of aromatic nitrogens is 1. The average Bonchev–Trinajstić information content (AvgIpc) is 3.12. The van der Waals surface area contributed by atoms with Gasteiger partial charge in [-0.15, -0.1) is 0 Å². The second-order valence-electron chi connectivity index (χ2n) is 7.51. The van der Waals surface area contributed by atoms with Crippen molar-refractivity contribution >= 4 is 22.5 Å². The van der Waals surface area contributed by atoms with Gasteiger partial charge in [-0.2, -0.15) is 0 Å². The Bertz CT molecular complexity index is 1250. The van der Waals surface area contributed by atoms with Crippen molar-refractivity contribution in [3.05, 3.63) is 89.9 Å². The quantitative estimate of drug-likeness (QED) is 0.509. The summed E-state index contributed by atoms with van der Waals surface area (Å²) in [6, 6.07) is 19.9. The number of fused-ring (bicyclic) bond motifs is 2. The highest BCUT2D eigenvalue weighted by Gasteiger charge is 2.15. The molecule has 4 aromatic rings. The van der Waals surface area contributed by atoms with E-state index in [1.807, 2.05) is 36.5 Å². The van der Waals surface area contributed by atoms with Crippen LogP contribution < -0.4 is 14.8 Å². The average molecular weight is 416 g/mol. The Balaban J connectivity index is 1.36. The molecule has 1 amide bonds. The van der Waals surface area contributed by atoms with Crippen LogP contribution in [0, 0.1) is 5.82 Å². The van der Waals surface area contributed by atoms with Crippen LogP contribution in [0.1, 0.15) is 11.1 Å². The van der Waals surface area contributed by atoms with Gasteiger partial charge in [-0.3, -0.25) is 4.79 Å². The minimum atomic E-state index is -0.252. The van der Waals surface area contributed by atoms with Crippen molar-refractivity contribution < 1.29 is 18.7 Å². The van der Waals surface area contributed by atoms with Crippen LogP contribution in [0.5, 0.6) is 11.5 Å². The highest BCUT2D eigenvalue weighted by molar-refractivity contribution is 5.96. The lowest BCUT2D eigenvalue weighted by Crippen LogP contribution is -2.17. The van der Waals surface area contributed by atoms with Crippen LogP contribution >= 0.6 is 0 Å². The lowest BCUT2D eigenvalue weighted by molar-refractivity contribution is -0.115. The van der Waals surface area contributed by atoms with E-state index in [2.05, 4.69) is 9.88 Å². The molecule has 6 heteroatoms. The van der Waals surface area contributed by atoms with Gasteiger partial charge in [0.1, 0.15) is 19.0 Å². The molecule has 0 fully saturated rings. The van der Waals surface area contributed by atoms with Gasteiger partial charge in [-0.05, 0) is 41.5 Å². The zero-order valence-corrected chi connectivity index (χ0v) is 16.8. The molecule has 0 aliphatic carbocycles. The van der Waals surface area contributed by atoms with Crippen molar-refractivity contribution in [2.75, 3.05) is 18.5 Å². The first-order valence-corrected chi connectivity index (χ1v) is 10.2. The standard InChI is InChI=1S/C25H21FN2O3/c26-19-7-5-17(6-8-19)15-28-16-18(21-3-1-2-4-22(21)28)13-25(29)27-20-9-10-23-24(14-20)31-12-11-30-23/h1-10,14,16H,11-13,15H2,(H,27,29). The van der Waals surface area contributed by atoms with E-state index >= 15 is 0 Å². The Labute approximate surface area is 179 Å². The van der Waals surface area contributed by atoms with Crippen LogP contribution in [0.3, 0.4) is 0 Å². The minimum absolute atomic E-state index is 0.110.